The molecule has 1 aliphatic rings. The number of hydrogen-bond acceptors (Lipinski definition) is 3. The summed E-state index contributed by atoms with van der Waals surface area (Å²) in [5.74, 6) is 0.914. The molecule has 0 saturated carbocycles. The topological polar surface area (TPSA) is 71.8 Å². The van der Waals surface area contributed by atoms with Gasteiger partial charge in [-0.1, -0.05) is 6.07 Å². The summed E-state index contributed by atoms with van der Waals surface area (Å²) in [6.07, 6.45) is 8.15. The highest BCUT2D eigenvalue weighted by Crippen LogP contribution is 2.32. The minimum atomic E-state index is -0.213. The number of amides is 2. The lowest BCUT2D eigenvalue weighted by atomic mass is 10.0. The number of pyridine rings is 1. The van der Waals surface area contributed by atoms with E-state index in [2.05, 4.69) is 32.1 Å². The summed E-state index contributed by atoms with van der Waals surface area (Å²) in [7, 11) is 0. The molecular formula is C20H21N5O. The Balaban J connectivity index is 1.45. The second-order valence-corrected chi connectivity index (χ2v) is 6.69. The predicted octanol–water partition coefficient (Wildman–Crippen LogP) is 4.08. The highest BCUT2D eigenvalue weighted by atomic mass is 16.2. The van der Waals surface area contributed by atoms with Crippen molar-refractivity contribution in [3.63, 3.8) is 0 Å². The van der Waals surface area contributed by atoms with E-state index in [9.17, 15) is 4.79 Å². The molecule has 0 saturated heterocycles. The van der Waals surface area contributed by atoms with Gasteiger partial charge in [-0.25, -0.2) is 9.78 Å². The minimum Gasteiger partial charge on any atom is -0.330 e. The van der Waals surface area contributed by atoms with E-state index in [4.69, 9.17) is 0 Å². The van der Waals surface area contributed by atoms with Crippen LogP contribution < -0.4 is 10.6 Å². The standard InChI is InChI=1S/C20H21N5O/c1-13-11-16(3-4-17(13)15-5-7-21-8-6-15)23-20(26)24-18-12-14(2)25-10-9-22-19(18)25/h3-11,14,18H,12H2,1-2H3,(H2,23,24,26). The molecule has 6 nitrogen and oxygen atoms in total. The lowest BCUT2D eigenvalue weighted by Crippen LogP contribution is -2.32. The van der Waals surface area contributed by atoms with Crippen LogP contribution >= 0.6 is 0 Å². The summed E-state index contributed by atoms with van der Waals surface area (Å²) in [6, 6.07) is 9.95. The Bertz CT molecular complexity index is 934. The van der Waals surface area contributed by atoms with E-state index >= 15 is 0 Å². The molecule has 1 aromatic carbocycles. The van der Waals surface area contributed by atoms with Gasteiger partial charge in [0.05, 0.1) is 6.04 Å². The minimum absolute atomic E-state index is 0.0582. The van der Waals surface area contributed by atoms with Crippen LogP contribution in [0.3, 0.4) is 0 Å². The zero-order valence-electron chi connectivity index (χ0n) is 14.8. The molecule has 0 aliphatic carbocycles. The first-order chi connectivity index (χ1) is 12.6. The summed E-state index contributed by atoms with van der Waals surface area (Å²) in [6.45, 7) is 4.17. The zero-order chi connectivity index (χ0) is 18.1. The van der Waals surface area contributed by atoms with Crippen molar-refractivity contribution in [3.05, 3.63) is 66.5 Å². The summed E-state index contributed by atoms with van der Waals surface area (Å²) in [5, 5.41) is 5.95. The SMILES string of the molecule is Cc1cc(NC(=O)NC2CC(C)n3ccnc32)ccc1-c1ccncc1. The number of fused-ring (bicyclic) bond motifs is 1. The number of nitrogens with one attached hydrogen (secondary N) is 2. The summed E-state index contributed by atoms with van der Waals surface area (Å²) in [4.78, 5) is 20.8. The molecule has 3 aromatic rings. The third kappa shape index (κ3) is 3.06. The number of aromatic nitrogens is 3. The Morgan fingerprint density at radius 3 is 2.77 bits per heavy atom. The van der Waals surface area contributed by atoms with Crippen molar-refractivity contribution in [3.8, 4) is 11.1 Å². The highest BCUT2D eigenvalue weighted by Gasteiger charge is 2.30. The van der Waals surface area contributed by atoms with E-state index in [1.165, 1.54) is 0 Å². The zero-order valence-corrected chi connectivity index (χ0v) is 14.8. The number of nitrogens with zero attached hydrogens (tertiary/aromatic N) is 3. The second kappa shape index (κ2) is 6.63. The van der Waals surface area contributed by atoms with Crippen molar-refractivity contribution < 1.29 is 4.79 Å². The number of benzene rings is 1. The average molecular weight is 347 g/mol. The maximum absolute atomic E-state index is 12.4. The fourth-order valence-electron chi connectivity index (χ4n) is 3.57. The molecule has 0 radical (unpaired) electrons. The first-order valence-electron chi connectivity index (χ1n) is 8.73. The van der Waals surface area contributed by atoms with Gasteiger partial charge in [0.2, 0.25) is 0 Å². The van der Waals surface area contributed by atoms with Crippen molar-refractivity contribution in [2.24, 2.45) is 0 Å². The molecule has 2 N–H and O–H groups in total. The largest absolute Gasteiger partial charge is 0.330 e. The van der Waals surface area contributed by atoms with E-state index in [1.807, 2.05) is 43.5 Å². The van der Waals surface area contributed by atoms with Gasteiger partial charge in [0.15, 0.2) is 0 Å². The van der Waals surface area contributed by atoms with Gasteiger partial charge in [-0.3, -0.25) is 4.98 Å². The van der Waals surface area contributed by atoms with Gasteiger partial charge in [-0.05, 0) is 61.2 Å². The number of aryl methyl sites for hydroxylation is 1. The smallest absolute Gasteiger partial charge is 0.319 e. The molecule has 6 heteroatoms. The predicted molar refractivity (Wildman–Crippen MR) is 101 cm³/mol. The number of urea groups is 1. The van der Waals surface area contributed by atoms with Crippen LogP contribution in [-0.4, -0.2) is 20.6 Å². The third-order valence-corrected chi connectivity index (χ3v) is 4.84. The molecule has 132 valence electrons. The van der Waals surface area contributed by atoms with Crippen molar-refractivity contribution in [1.29, 1.82) is 0 Å². The van der Waals surface area contributed by atoms with E-state index in [1.54, 1.807) is 18.6 Å². The number of hydrogen-bond donors (Lipinski definition) is 2. The van der Waals surface area contributed by atoms with Crippen LogP contribution in [0.15, 0.2) is 55.1 Å². The summed E-state index contributed by atoms with van der Waals surface area (Å²) >= 11 is 0. The number of imidazole rings is 1. The maximum Gasteiger partial charge on any atom is 0.319 e. The Morgan fingerprint density at radius 2 is 2.00 bits per heavy atom. The Morgan fingerprint density at radius 1 is 1.19 bits per heavy atom. The maximum atomic E-state index is 12.4. The lowest BCUT2D eigenvalue weighted by Gasteiger charge is -2.14. The first-order valence-corrected chi connectivity index (χ1v) is 8.73. The Kier molecular flexibility index (Phi) is 4.16. The molecule has 0 bridgehead atoms. The number of rotatable bonds is 3. The molecule has 2 unspecified atom stereocenters. The molecule has 0 spiro atoms. The normalized spacial score (nSPS) is 18.4. The Hall–Kier alpha value is -3.15. The van der Waals surface area contributed by atoms with Crippen LogP contribution in [-0.2, 0) is 0 Å². The van der Waals surface area contributed by atoms with Gasteiger partial charge in [0, 0.05) is 36.5 Å². The molecule has 26 heavy (non-hydrogen) atoms. The van der Waals surface area contributed by atoms with Crippen LogP contribution in [0.2, 0.25) is 0 Å². The van der Waals surface area contributed by atoms with Crippen LogP contribution in [0.1, 0.15) is 36.8 Å². The highest BCUT2D eigenvalue weighted by molar-refractivity contribution is 5.90. The number of carbonyl (C=O) groups excluding carboxylic acids is 1. The van der Waals surface area contributed by atoms with Gasteiger partial charge in [0.1, 0.15) is 5.82 Å². The molecule has 2 amide bonds. The number of anilines is 1. The van der Waals surface area contributed by atoms with Crippen molar-refractivity contribution in [2.45, 2.75) is 32.4 Å². The van der Waals surface area contributed by atoms with Gasteiger partial charge in [0.25, 0.3) is 0 Å². The fourth-order valence-corrected chi connectivity index (χ4v) is 3.57. The Labute approximate surface area is 152 Å². The van der Waals surface area contributed by atoms with E-state index in [-0.39, 0.29) is 12.1 Å². The van der Waals surface area contributed by atoms with Gasteiger partial charge in [-0.2, -0.15) is 0 Å². The first kappa shape index (κ1) is 16.3. The van der Waals surface area contributed by atoms with Gasteiger partial charge < -0.3 is 15.2 Å². The van der Waals surface area contributed by atoms with E-state index < -0.39 is 0 Å². The van der Waals surface area contributed by atoms with Crippen LogP contribution in [0, 0.1) is 6.92 Å². The van der Waals surface area contributed by atoms with Crippen LogP contribution in [0.4, 0.5) is 10.5 Å². The molecule has 3 heterocycles. The van der Waals surface area contributed by atoms with E-state index in [0.29, 0.717) is 6.04 Å². The van der Waals surface area contributed by atoms with Crippen LogP contribution in [0.25, 0.3) is 11.1 Å². The van der Waals surface area contributed by atoms with Gasteiger partial charge >= 0.3 is 6.03 Å². The molecule has 0 fully saturated rings. The van der Waals surface area contributed by atoms with Crippen LogP contribution in [0.5, 0.6) is 0 Å². The van der Waals surface area contributed by atoms with Crippen molar-refractivity contribution in [2.75, 3.05) is 5.32 Å². The second-order valence-electron chi connectivity index (χ2n) is 6.69. The monoisotopic (exact) mass is 347 g/mol. The summed E-state index contributed by atoms with van der Waals surface area (Å²) in [5.41, 5.74) is 4.11. The molecular weight excluding hydrogens is 326 g/mol. The average Bonchev–Trinajstić information content (AvgIpc) is 3.21. The molecule has 4 rings (SSSR count). The number of carbonyl (C=O) groups is 1. The van der Waals surface area contributed by atoms with E-state index in [0.717, 1.165) is 34.6 Å². The molecule has 1 aliphatic heterocycles. The summed E-state index contributed by atoms with van der Waals surface area (Å²) < 4.78 is 2.11. The van der Waals surface area contributed by atoms with Crippen molar-refractivity contribution >= 4 is 11.7 Å². The fraction of sp³-hybridized carbons (Fsp3) is 0.250. The quantitative estimate of drug-likeness (QED) is 0.750. The lowest BCUT2D eigenvalue weighted by molar-refractivity contribution is 0.248. The molecule has 2 atom stereocenters. The third-order valence-electron chi connectivity index (χ3n) is 4.84. The van der Waals surface area contributed by atoms with Crippen molar-refractivity contribution in [1.82, 2.24) is 19.9 Å². The van der Waals surface area contributed by atoms with Gasteiger partial charge in [-0.15, -0.1) is 0 Å². The molecule has 2 aromatic heterocycles.